The molecule has 2 aromatic carbocycles. The van der Waals surface area contributed by atoms with Crippen molar-refractivity contribution in [2.45, 2.75) is 69.4 Å². The molecule has 3 unspecified atom stereocenters. The molecule has 1 amide bonds. The van der Waals surface area contributed by atoms with Crippen LogP contribution in [0, 0.1) is 12.8 Å². The number of phenols is 1. The van der Waals surface area contributed by atoms with Crippen LogP contribution < -0.4 is 0 Å². The van der Waals surface area contributed by atoms with Crippen molar-refractivity contribution in [2.24, 2.45) is 5.92 Å². The average Bonchev–Trinajstić information content (AvgIpc) is 3.63. The maximum atomic E-state index is 13.5. The van der Waals surface area contributed by atoms with Crippen LogP contribution >= 0.6 is 0 Å². The molecule has 37 heavy (non-hydrogen) atoms. The molecular weight excluding hydrogens is 462 g/mol. The van der Waals surface area contributed by atoms with Crippen LogP contribution in [0.2, 0.25) is 0 Å². The lowest BCUT2D eigenvalue weighted by molar-refractivity contribution is -0.137. The summed E-state index contributed by atoms with van der Waals surface area (Å²) in [4.78, 5) is 21.4. The van der Waals surface area contributed by atoms with Gasteiger partial charge in [0.25, 0.3) is 0 Å². The van der Waals surface area contributed by atoms with Gasteiger partial charge in [-0.3, -0.25) is 9.69 Å². The molecule has 2 saturated heterocycles. The van der Waals surface area contributed by atoms with E-state index < -0.39 is 11.0 Å². The minimum absolute atomic E-state index is 0.0210. The maximum Gasteiger partial charge on any atom is 0.228 e. The second-order valence-electron chi connectivity index (χ2n) is 11.8. The number of benzene rings is 2. The molecule has 3 aliphatic rings. The van der Waals surface area contributed by atoms with E-state index in [1.54, 1.807) is 6.07 Å². The average molecular weight is 502 g/mol. The Balaban J connectivity index is 1.31. The Hall–Kier alpha value is -2.83. The van der Waals surface area contributed by atoms with E-state index in [0.717, 1.165) is 53.2 Å². The first-order chi connectivity index (χ1) is 17.8. The number of nitrogens with zero attached hydrogens (tertiary/aromatic N) is 2. The molecule has 6 rings (SSSR count). The number of piperidine rings is 1. The second kappa shape index (κ2) is 9.17. The van der Waals surface area contributed by atoms with Crippen LogP contribution in [0.1, 0.15) is 55.8 Å². The summed E-state index contributed by atoms with van der Waals surface area (Å²) in [6.07, 6.45) is 4.95. The Labute approximate surface area is 219 Å². The highest BCUT2D eigenvalue weighted by atomic mass is 16.3. The number of aromatic amines is 1. The lowest BCUT2D eigenvalue weighted by atomic mass is 9.57. The van der Waals surface area contributed by atoms with Crippen molar-refractivity contribution in [2.75, 3.05) is 26.2 Å². The van der Waals surface area contributed by atoms with Gasteiger partial charge in [-0.1, -0.05) is 24.3 Å². The zero-order chi connectivity index (χ0) is 25.8. The molecule has 0 bridgehead atoms. The van der Waals surface area contributed by atoms with Crippen LogP contribution in [0.4, 0.5) is 0 Å². The van der Waals surface area contributed by atoms with E-state index >= 15 is 0 Å². The molecule has 0 spiro atoms. The minimum Gasteiger partial charge on any atom is -0.508 e. The number of fused-ring (bicyclic) bond motifs is 2. The molecule has 0 radical (unpaired) electrons. The first-order valence-electron chi connectivity index (χ1n) is 13.9. The highest BCUT2D eigenvalue weighted by Gasteiger charge is 2.59. The van der Waals surface area contributed by atoms with E-state index in [2.05, 4.69) is 35.9 Å². The topological polar surface area (TPSA) is 79.8 Å². The van der Waals surface area contributed by atoms with E-state index in [1.807, 2.05) is 35.2 Å². The number of rotatable bonds is 5. The number of likely N-dealkylation sites (tertiary alicyclic amines) is 2. The van der Waals surface area contributed by atoms with Crippen LogP contribution in [0.25, 0.3) is 10.9 Å². The predicted octanol–water partition coefficient (Wildman–Crippen LogP) is 4.52. The highest BCUT2D eigenvalue weighted by Crippen LogP contribution is 2.53. The number of aliphatic hydroxyl groups is 1. The number of aryl methyl sites for hydroxylation is 1. The van der Waals surface area contributed by atoms with Gasteiger partial charge in [-0.05, 0) is 99.2 Å². The van der Waals surface area contributed by atoms with Gasteiger partial charge in [-0.25, -0.2) is 0 Å². The molecular formula is C31H39N3O3. The van der Waals surface area contributed by atoms with Gasteiger partial charge in [0.1, 0.15) is 5.75 Å². The van der Waals surface area contributed by atoms with Gasteiger partial charge >= 0.3 is 0 Å². The minimum atomic E-state index is -0.991. The third kappa shape index (κ3) is 4.24. The zero-order valence-electron chi connectivity index (χ0n) is 22.0. The molecule has 1 aliphatic carbocycles. The predicted molar refractivity (Wildman–Crippen MR) is 146 cm³/mol. The Morgan fingerprint density at radius 3 is 2.59 bits per heavy atom. The SMILES string of the molecule is Cc1ccc(O)cc1C12CCN(C(=O)Cc3cc4ccccc4[nH]3)CCC1(O)C(C)N(CC1CC1)CC2. The lowest BCUT2D eigenvalue weighted by Gasteiger charge is -2.57. The van der Waals surface area contributed by atoms with E-state index in [9.17, 15) is 15.0 Å². The second-order valence-corrected chi connectivity index (χ2v) is 11.8. The van der Waals surface area contributed by atoms with Crippen molar-refractivity contribution in [3.8, 4) is 5.75 Å². The number of para-hydroxylation sites is 1. The Kier molecular flexibility index (Phi) is 6.08. The smallest absolute Gasteiger partial charge is 0.228 e. The number of phenolic OH excluding ortho intramolecular Hbond substituents is 1. The summed E-state index contributed by atoms with van der Waals surface area (Å²) in [6.45, 7) is 7.37. The van der Waals surface area contributed by atoms with Gasteiger partial charge in [0, 0.05) is 42.3 Å². The van der Waals surface area contributed by atoms with E-state index in [0.29, 0.717) is 32.4 Å². The maximum absolute atomic E-state index is 13.5. The van der Waals surface area contributed by atoms with E-state index in [4.69, 9.17) is 0 Å². The Morgan fingerprint density at radius 1 is 1.05 bits per heavy atom. The summed E-state index contributed by atoms with van der Waals surface area (Å²) in [6, 6.07) is 15.7. The van der Waals surface area contributed by atoms with Crippen molar-refractivity contribution >= 4 is 16.8 Å². The normalized spacial score (nSPS) is 28.7. The Bertz CT molecular complexity index is 1280. The van der Waals surface area contributed by atoms with E-state index in [-0.39, 0.29) is 17.7 Å². The fourth-order valence-electron chi connectivity index (χ4n) is 7.24. The fourth-order valence-corrected chi connectivity index (χ4v) is 7.24. The number of carbonyl (C=O) groups is 1. The molecule has 1 aromatic heterocycles. The standard InChI is InChI=1S/C31H39N3O3/c1-21-7-10-26(35)19-27(21)30-11-14-33(29(36)18-25-17-24-5-3-4-6-28(24)32-25)16-13-31(30,37)22(2)34(15-12-30)20-23-8-9-23/h3-7,10,17,19,22-23,32,35,37H,8-9,11-16,18,20H2,1-2H3. The van der Waals surface area contributed by atoms with Gasteiger partial charge in [-0.15, -0.1) is 0 Å². The number of carbonyl (C=O) groups excluding carboxylic acids is 1. The molecule has 3 atom stereocenters. The summed E-state index contributed by atoms with van der Waals surface area (Å²) in [5.74, 6) is 1.08. The van der Waals surface area contributed by atoms with Crippen molar-refractivity contribution < 1.29 is 15.0 Å². The van der Waals surface area contributed by atoms with Crippen molar-refractivity contribution in [1.29, 1.82) is 0 Å². The number of nitrogens with one attached hydrogen (secondary N) is 1. The molecule has 2 aliphatic heterocycles. The van der Waals surface area contributed by atoms with Crippen molar-refractivity contribution in [1.82, 2.24) is 14.8 Å². The van der Waals surface area contributed by atoms with Crippen LogP contribution in [0.3, 0.4) is 0 Å². The molecule has 6 heteroatoms. The summed E-state index contributed by atoms with van der Waals surface area (Å²) in [5.41, 5.74) is 2.61. The zero-order valence-corrected chi connectivity index (χ0v) is 22.0. The molecule has 3 N–H and O–H groups in total. The molecule has 196 valence electrons. The van der Waals surface area contributed by atoms with Gasteiger partial charge in [0.2, 0.25) is 5.91 Å². The van der Waals surface area contributed by atoms with Crippen LogP contribution in [-0.2, 0) is 16.6 Å². The summed E-state index contributed by atoms with van der Waals surface area (Å²) >= 11 is 0. The van der Waals surface area contributed by atoms with E-state index in [1.165, 1.54) is 12.8 Å². The quantitative estimate of drug-likeness (QED) is 0.480. The fraction of sp³-hybridized carbons (Fsp3) is 0.516. The molecule has 3 fully saturated rings. The summed E-state index contributed by atoms with van der Waals surface area (Å²) in [7, 11) is 0. The first-order valence-corrected chi connectivity index (χ1v) is 13.9. The largest absolute Gasteiger partial charge is 0.508 e. The van der Waals surface area contributed by atoms with Gasteiger partial charge in [0.15, 0.2) is 0 Å². The Morgan fingerprint density at radius 2 is 1.81 bits per heavy atom. The molecule has 3 aromatic rings. The number of hydrogen-bond donors (Lipinski definition) is 3. The van der Waals surface area contributed by atoms with Gasteiger partial charge < -0.3 is 20.1 Å². The first kappa shape index (κ1) is 24.5. The van der Waals surface area contributed by atoms with Gasteiger partial charge in [0.05, 0.1) is 12.0 Å². The molecule has 3 heterocycles. The number of hydrogen-bond acceptors (Lipinski definition) is 4. The molecule has 1 saturated carbocycles. The summed E-state index contributed by atoms with van der Waals surface area (Å²) < 4.78 is 0. The highest BCUT2D eigenvalue weighted by molar-refractivity contribution is 5.84. The van der Waals surface area contributed by atoms with Crippen LogP contribution in [0.15, 0.2) is 48.5 Å². The number of H-pyrrole nitrogens is 1. The van der Waals surface area contributed by atoms with Crippen molar-refractivity contribution in [3.63, 3.8) is 0 Å². The number of amides is 1. The van der Waals surface area contributed by atoms with Gasteiger partial charge in [-0.2, -0.15) is 0 Å². The molecule has 6 nitrogen and oxygen atoms in total. The number of aromatic hydroxyl groups is 1. The van der Waals surface area contributed by atoms with Crippen LogP contribution in [-0.4, -0.2) is 68.7 Å². The number of aromatic nitrogens is 1. The van der Waals surface area contributed by atoms with Crippen molar-refractivity contribution in [3.05, 3.63) is 65.4 Å². The van der Waals surface area contributed by atoms with Crippen LogP contribution in [0.5, 0.6) is 5.75 Å². The third-order valence-electron chi connectivity index (χ3n) is 9.67. The lowest BCUT2D eigenvalue weighted by Crippen LogP contribution is -2.68. The monoisotopic (exact) mass is 501 g/mol. The third-order valence-corrected chi connectivity index (χ3v) is 9.67. The summed E-state index contributed by atoms with van der Waals surface area (Å²) in [5, 5.41) is 24.3.